The number of nitrogens with zero attached hydrogens (tertiary/aromatic N) is 1. The zero-order valence-corrected chi connectivity index (χ0v) is 11.0. The minimum atomic E-state index is -0.619. The van der Waals surface area contributed by atoms with Gasteiger partial charge in [-0.25, -0.2) is 4.79 Å². The highest BCUT2D eigenvalue weighted by atomic mass is 16.6. The van der Waals surface area contributed by atoms with Crippen LogP contribution in [-0.4, -0.2) is 49.3 Å². The van der Waals surface area contributed by atoms with Crippen molar-refractivity contribution in [3.05, 3.63) is 29.8 Å². The summed E-state index contributed by atoms with van der Waals surface area (Å²) in [6.07, 6.45) is -0.298. The first kappa shape index (κ1) is 15.0. The Morgan fingerprint density at radius 1 is 1.26 bits per heavy atom. The quantitative estimate of drug-likeness (QED) is 0.828. The van der Waals surface area contributed by atoms with Crippen LogP contribution < -0.4 is 5.32 Å². The van der Waals surface area contributed by atoms with Gasteiger partial charge in [-0.1, -0.05) is 12.1 Å². The van der Waals surface area contributed by atoms with Crippen LogP contribution >= 0.6 is 0 Å². The second-order valence-corrected chi connectivity index (χ2v) is 4.15. The normalized spacial score (nSPS) is 9.84. The fraction of sp³-hybridized carbons (Fsp3) is 0.385. The first-order valence-corrected chi connectivity index (χ1v) is 5.86. The molecule has 104 valence electrons. The largest absolute Gasteiger partial charge is 0.447 e. The number of likely N-dealkylation sites (N-methyl/N-ethyl adjacent to an activating group) is 1. The third-order valence-corrected chi connectivity index (χ3v) is 2.38. The summed E-state index contributed by atoms with van der Waals surface area (Å²) in [6, 6.07) is 6.92. The summed E-state index contributed by atoms with van der Waals surface area (Å²) in [7, 11) is 3.41. The van der Waals surface area contributed by atoms with Crippen molar-refractivity contribution in [2.75, 3.05) is 32.6 Å². The maximum atomic E-state index is 11.5. The third kappa shape index (κ3) is 5.39. The average molecular weight is 266 g/mol. The minimum Gasteiger partial charge on any atom is -0.447 e. The fourth-order valence-corrected chi connectivity index (χ4v) is 1.33. The Bertz CT molecular complexity index is 429. The fourth-order valence-electron chi connectivity index (χ4n) is 1.33. The molecule has 0 radical (unpaired) electrons. The van der Waals surface area contributed by atoms with Crippen molar-refractivity contribution >= 4 is 17.7 Å². The molecule has 19 heavy (non-hydrogen) atoms. The van der Waals surface area contributed by atoms with Crippen LogP contribution in [0.15, 0.2) is 24.3 Å². The molecule has 0 spiro atoms. The van der Waals surface area contributed by atoms with E-state index in [4.69, 9.17) is 5.11 Å². The van der Waals surface area contributed by atoms with Gasteiger partial charge in [-0.2, -0.15) is 0 Å². The van der Waals surface area contributed by atoms with E-state index in [1.54, 1.807) is 38.4 Å². The smallest absolute Gasteiger partial charge is 0.411 e. The second kappa shape index (κ2) is 7.38. The van der Waals surface area contributed by atoms with Crippen molar-refractivity contribution in [1.29, 1.82) is 0 Å². The molecule has 0 aliphatic rings. The van der Waals surface area contributed by atoms with Gasteiger partial charge in [0.1, 0.15) is 6.61 Å². The van der Waals surface area contributed by atoms with E-state index in [9.17, 15) is 9.59 Å². The highest BCUT2D eigenvalue weighted by molar-refractivity contribution is 5.84. The number of aliphatic hydroxyl groups excluding tert-OH is 1. The standard InChI is InChI=1S/C13H18N2O4/c1-15(2)12(17)9-10-3-5-11(6-4-10)14-13(18)19-8-7-16/h3-6,16H,7-9H2,1-2H3,(H,14,18). The Balaban J connectivity index is 2.52. The molecule has 0 fully saturated rings. The number of amides is 2. The van der Waals surface area contributed by atoms with Gasteiger partial charge in [0.2, 0.25) is 5.91 Å². The Labute approximate surface area is 112 Å². The topological polar surface area (TPSA) is 78.9 Å². The first-order chi connectivity index (χ1) is 9.02. The Morgan fingerprint density at radius 2 is 1.89 bits per heavy atom. The van der Waals surface area contributed by atoms with E-state index in [0.29, 0.717) is 12.1 Å². The van der Waals surface area contributed by atoms with Gasteiger partial charge in [0.05, 0.1) is 13.0 Å². The number of rotatable bonds is 5. The molecule has 2 amide bonds. The lowest BCUT2D eigenvalue weighted by molar-refractivity contribution is -0.127. The highest BCUT2D eigenvalue weighted by Gasteiger charge is 2.06. The van der Waals surface area contributed by atoms with Crippen LogP contribution in [0.3, 0.4) is 0 Å². The lowest BCUT2D eigenvalue weighted by Crippen LogP contribution is -2.23. The number of carbonyl (C=O) groups excluding carboxylic acids is 2. The summed E-state index contributed by atoms with van der Waals surface area (Å²) in [6.45, 7) is -0.250. The summed E-state index contributed by atoms with van der Waals surface area (Å²) in [5.41, 5.74) is 1.44. The van der Waals surface area contributed by atoms with Gasteiger partial charge >= 0.3 is 6.09 Å². The van der Waals surface area contributed by atoms with Crippen molar-refractivity contribution < 1.29 is 19.4 Å². The molecular formula is C13H18N2O4. The molecule has 1 rings (SSSR count). The van der Waals surface area contributed by atoms with Crippen LogP contribution in [0.25, 0.3) is 0 Å². The average Bonchev–Trinajstić information content (AvgIpc) is 2.38. The monoisotopic (exact) mass is 266 g/mol. The number of nitrogens with one attached hydrogen (secondary N) is 1. The van der Waals surface area contributed by atoms with Crippen LogP contribution in [-0.2, 0) is 16.0 Å². The van der Waals surface area contributed by atoms with Gasteiger partial charge in [0.15, 0.2) is 0 Å². The minimum absolute atomic E-state index is 0.0167. The summed E-state index contributed by atoms with van der Waals surface area (Å²) in [4.78, 5) is 24.3. The van der Waals surface area contributed by atoms with Gasteiger partial charge in [-0.05, 0) is 17.7 Å². The van der Waals surface area contributed by atoms with Gasteiger partial charge in [0.25, 0.3) is 0 Å². The number of anilines is 1. The van der Waals surface area contributed by atoms with Crippen molar-refractivity contribution in [2.45, 2.75) is 6.42 Å². The van der Waals surface area contributed by atoms with Crippen molar-refractivity contribution in [2.24, 2.45) is 0 Å². The van der Waals surface area contributed by atoms with Gasteiger partial charge in [-0.15, -0.1) is 0 Å². The highest BCUT2D eigenvalue weighted by Crippen LogP contribution is 2.11. The summed E-state index contributed by atoms with van der Waals surface area (Å²) in [5.74, 6) is 0.0167. The number of carbonyl (C=O) groups is 2. The molecular weight excluding hydrogens is 248 g/mol. The number of hydrogen-bond acceptors (Lipinski definition) is 4. The van der Waals surface area contributed by atoms with Gasteiger partial charge < -0.3 is 14.7 Å². The maximum Gasteiger partial charge on any atom is 0.411 e. The van der Waals surface area contributed by atoms with Crippen molar-refractivity contribution in [3.8, 4) is 0 Å². The lowest BCUT2D eigenvalue weighted by Gasteiger charge is -2.10. The summed E-state index contributed by atoms with van der Waals surface area (Å²) >= 11 is 0. The Morgan fingerprint density at radius 3 is 2.42 bits per heavy atom. The molecule has 0 aromatic heterocycles. The van der Waals surface area contributed by atoms with Crippen LogP contribution in [0.5, 0.6) is 0 Å². The molecule has 2 N–H and O–H groups in total. The number of benzene rings is 1. The molecule has 0 aliphatic heterocycles. The molecule has 0 bridgehead atoms. The maximum absolute atomic E-state index is 11.5. The van der Waals surface area contributed by atoms with E-state index in [1.165, 1.54) is 4.90 Å². The van der Waals surface area contributed by atoms with Crippen molar-refractivity contribution in [1.82, 2.24) is 4.90 Å². The third-order valence-electron chi connectivity index (χ3n) is 2.38. The summed E-state index contributed by atoms with van der Waals surface area (Å²) in [5, 5.41) is 11.0. The van der Waals surface area contributed by atoms with E-state index in [1.807, 2.05) is 0 Å². The SMILES string of the molecule is CN(C)C(=O)Cc1ccc(NC(=O)OCCO)cc1. The predicted molar refractivity (Wildman–Crippen MR) is 70.9 cm³/mol. The zero-order valence-electron chi connectivity index (χ0n) is 11.0. The summed E-state index contributed by atoms with van der Waals surface area (Å²) < 4.78 is 4.66. The zero-order chi connectivity index (χ0) is 14.3. The predicted octanol–water partition coefficient (Wildman–Crippen LogP) is 0.858. The first-order valence-electron chi connectivity index (χ1n) is 5.86. The van der Waals surface area contributed by atoms with Gasteiger partial charge in [-0.3, -0.25) is 10.1 Å². The molecule has 0 heterocycles. The van der Waals surface area contributed by atoms with E-state index in [-0.39, 0.29) is 19.1 Å². The van der Waals surface area contributed by atoms with Gasteiger partial charge in [0, 0.05) is 19.8 Å². The Hall–Kier alpha value is -2.08. The number of hydrogen-bond donors (Lipinski definition) is 2. The number of aliphatic hydroxyl groups is 1. The second-order valence-electron chi connectivity index (χ2n) is 4.15. The molecule has 0 saturated carbocycles. The van der Waals surface area contributed by atoms with Crippen molar-refractivity contribution in [3.63, 3.8) is 0 Å². The Kier molecular flexibility index (Phi) is 5.81. The molecule has 1 aromatic carbocycles. The molecule has 0 atom stereocenters. The lowest BCUT2D eigenvalue weighted by atomic mass is 10.1. The van der Waals surface area contributed by atoms with Crippen LogP contribution in [0, 0.1) is 0 Å². The van der Waals surface area contributed by atoms with E-state index in [0.717, 1.165) is 5.56 Å². The van der Waals surface area contributed by atoms with Crippen LogP contribution in [0.2, 0.25) is 0 Å². The van der Waals surface area contributed by atoms with E-state index >= 15 is 0 Å². The van der Waals surface area contributed by atoms with Crippen LogP contribution in [0.1, 0.15) is 5.56 Å². The van der Waals surface area contributed by atoms with Crippen LogP contribution in [0.4, 0.5) is 10.5 Å². The number of ether oxygens (including phenoxy) is 1. The van der Waals surface area contributed by atoms with E-state index in [2.05, 4.69) is 10.1 Å². The molecule has 6 heteroatoms. The molecule has 1 aromatic rings. The van der Waals surface area contributed by atoms with E-state index < -0.39 is 6.09 Å². The molecule has 6 nitrogen and oxygen atoms in total. The molecule has 0 unspecified atom stereocenters. The molecule has 0 aliphatic carbocycles. The molecule has 0 saturated heterocycles.